The van der Waals surface area contributed by atoms with Crippen LogP contribution in [0.2, 0.25) is 0 Å². The lowest BCUT2D eigenvalue weighted by atomic mass is 10.1. The summed E-state index contributed by atoms with van der Waals surface area (Å²) in [5, 5.41) is 0. The molecule has 0 aliphatic carbocycles. The SMILES string of the molecule is Nc1ccc(I)c(Cc2ccc(N)[nH]2)c1. The summed E-state index contributed by atoms with van der Waals surface area (Å²) in [6.07, 6.45) is 0.834. The summed E-state index contributed by atoms with van der Waals surface area (Å²) in [5.41, 5.74) is 14.5. The summed E-state index contributed by atoms with van der Waals surface area (Å²) >= 11 is 2.31. The molecule has 15 heavy (non-hydrogen) atoms. The van der Waals surface area contributed by atoms with E-state index in [1.165, 1.54) is 9.13 Å². The quantitative estimate of drug-likeness (QED) is 0.588. The molecule has 0 radical (unpaired) electrons. The van der Waals surface area contributed by atoms with Gasteiger partial charge in [-0.25, -0.2) is 0 Å². The van der Waals surface area contributed by atoms with Gasteiger partial charge in [0.1, 0.15) is 5.82 Å². The first-order chi connectivity index (χ1) is 7.15. The van der Waals surface area contributed by atoms with E-state index in [-0.39, 0.29) is 0 Å². The third-order valence-corrected chi connectivity index (χ3v) is 3.27. The van der Waals surface area contributed by atoms with Gasteiger partial charge >= 0.3 is 0 Å². The number of nitrogens with one attached hydrogen (secondary N) is 1. The Bertz CT molecular complexity index is 476. The lowest BCUT2D eigenvalue weighted by Gasteiger charge is -2.04. The van der Waals surface area contributed by atoms with Gasteiger partial charge in [0.2, 0.25) is 0 Å². The number of halogens is 1. The summed E-state index contributed by atoms with van der Waals surface area (Å²) in [6, 6.07) is 9.80. The van der Waals surface area contributed by atoms with Crippen molar-refractivity contribution in [3.05, 3.63) is 45.2 Å². The lowest BCUT2D eigenvalue weighted by Crippen LogP contribution is -1.95. The van der Waals surface area contributed by atoms with Crippen LogP contribution in [-0.4, -0.2) is 4.98 Å². The second kappa shape index (κ2) is 4.14. The van der Waals surface area contributed by atoms with Gasteiger partial charge in [0.25, 0.3) is 0 Å². The summed E-state index contributed by atoms with van der Waals surface area (Å²) in [7, 11) is 0. The Hall–Kier alpha value is -1.17. The zero-order valence-electron chi connectivity index (χ0n) is 8.13. The van der Waals surface area contributed by atoms with Crippen LogP contribution in [0.5, 0.6) is 0 Å². The molecule has 0 aliphatic rings. The summed E-state index contributed by atoms with van der Waals surface area (Å²) in [5.74, 6) is 0.698. The van der Waals surface area contributed by atoms with E-state index in [0.29, 0.717) is 5.82 Å². The first-order valence-electron chi connectivity index (χ1n) is 4.62. The minimum absolute atomic E-state index is 0.698. The molecule has 0 amide bonds. The van der Waals surface area contributed by atoms with Gasteiger partial charge in [-0.2, -0.15) is 0 Å². The standard InChI is InChI=1S/C11H12IN3/c12-10-3-1-8(13)5-7(10)6-9-2-4-11(14)15-9/h1-5,15H,6,13-14H2. The molecule has 0 saturated heterocycles. The van der Waals surface area contributed by atoms with E-state index in [2.05, 4.69) is 27.6 Å². The molecule has 0 unspecified atom stereocenters. The Kier molecular flexibility index (Phi) is 2.86. The molecule has 1 aromatic carbocycles. The number of aromatic nitrogens is 1. The van der Waals surface area contributed by atoms with Gasteiger partial charge in [-0.15, -0.1) is 0 Å². The fraction of sp³-hybridized carbons (Fsp3) is 0.0909. The highest BCUT2D eigenvalue weighted by atomic mass is 127. The van der Waals surface area contributed by atoms with Crippen LogP contribution in [-0.2, 0) is 6.42 Å². The topological polar surface area (TPSA) is 67.8 Å². The van der Waals surface area contributed by atoms with Crippen molar-refractivity contribution in [3.8, 4) is 0 Å². The van der Waals surface area contributed by atoms with E-state index >= 15 is 0 Å². The number of aromatic amines is 1. The molecule has 0 saturated carbocycles. The highest BCUT2D eigenvalue weighted by Crippen LogP contribution is 2.19. The number of H-pyrrole nitrogens is 1. The minimum Gasteiger partial charge on any atom is -0.399 e. The molecule has 0 aliphatic heterocycles. The Labute approximate surface area is 102 Å². The van der Waals surface area contributed by atoms with Gasteiger partial charge in [0.15, 0.2) is 0 Å². The van der Waals surface area contributed by atoms with Crippen LogP contribution >= 0.6 is 22.6 Å². The number of nitrogens with two attached hydrogens (primary N) is 2. The van der Waals surface area contributed by atoms with Crippen LogP contribution in [0.1, 0.15) is 11.3 Å². The molecule has 1 heterocycles. The highest BCUT2D eigenvalue weighted by Gasteiger charge is 2.03. The molecule has 78 valence electrons. The van der Waals surface area contributed by atoms with E-state index in [0.717, 1.165) is 17.8 Å². The van der Waals surface area contributed by atoms with Crippen molar-refractivity contribution in [1.29, 1.82) is 0 Å². The molecule has 0 bridgehead atoms. The van der Waals surface area contributed by atoms with Gasteiger partial charge in [0, 0.05) is 21.4 Å². The summed E-state index contributed by atoms with van der Waals surface area (Å²) in [4.78, 5) is 3.10. The van der Waals surface area contributed by atoms with E-state index in [1.807, 2.05) is 30.3 Å². The molecular weight excluding hydrogens is 301 g/mol. The number of nitrogen functional groups attached to an aromatic ring is 2. The van der Waals surface area contributed by atoms with Crippen molar-refractivity contribution in [2.45, 2.75) is 6.42 Å². The second-order valence-corrected chi connectivity index (χ2v) is 4.63. The molecule has 2 aromatic rings. The number of hydrogen-bond acceptors (Lipinski definition) is 2. The molecule has 2 rings (SSSR count). The number of benzene rings is 1. The maximum absolute atomic E-state index is 5.75. The van der Waals surface area contributed by atoms with Crippen LogP contribution in [0.3, 0.4) is 0 Å². The molecule has 0 spiro atoms. The van der Waals surface area contributed by atoms with Crippen LogP contribution in [0.25, 0.3) is 0 Å². The smallest absolute Gasteiger partial charge is 0.100 e. The van der Waals surface area contributed by atoms with Crippen molar-refractivity contribution < 1.29 is 0 Å². The van der Waals surface area contributed by atoms with Crippen molar-refractivity contribution in [2.24, 2.45) is 0 Å². The Balaban J connectivity index is 2.27. The van der Waals surface area contributed by atoms with Crippen LogP contribution < -0.4 is 11.5 Å². The largest absolute Gasteiger partial charge is 0.399 e. The number of rotatable bonds is 2. The zero-order chi connectivity index (χ0) is 10.8. The third-order valence-electron chi connectivity index (χ3n) is 2.22. The molecule has 4 heteroatoms. The van der Waals surface area contributed by atoms with Crippen molar-refractivity contribution >= 4 is 34.1 Å². The van der Waals surface area contributed by atoms with E-state index in [4.69, 9.17) is 11.5 Å². The molecule has 1 aromatic heterocycles. The van der Waals surface area contributed by atoms with Crippen LogP contribution in [0, 0.1) is 3.57 Å². The fourth-order valence-electron chi connectivity index (χ4n) is 1.50. The van der Waals surface area contributed by atoms with Gasteiger partial charge < -0.3 is 16.5 Å². The van der Waals surface area contributed by atoms with Gasteiger partial charge in [-0.05, 0) is 58.5 Å². The normalized spacial score (nSPS) is 10.5. The molecular formula is C11H12IN3. The first kappa shape index (κ1) is 10.4. The molecule has 0 fully saturated rings. The van der Waals surface area contributed by atoms with E-state index in [1.54, 1.807) is 0 Å². The third kappa shape index (κ3) is 2.44. The van der Waals surface area contributed by atoms with Gasteiger partial charge in [-0.1, -0.05) is 0 Å². The minimum atomic E-state index is 0.698. The Morgan fingerprint density at radius 2 is 1.93 bits per heavy atom. The van der Waals surface area contributed by atoms with Crippen molar-refractivity contribution in [2.75, 3.05) is 11.5 Å². The second-order valence-electron chi connectivity index (χ2n) is 3.47. The number of anilines is 2. The first-order valence-corrected chi connectivity index (χ1v) is 5.70. The predicted octanol–water partition coefficient (Wildman–Crippen LogP) is 2.37. The van der Waals surface area contributed by atoms with E-state index in [9.17, 15) is 0 Å². The summed E-state index contributed by atoms with van der Waals surface area (Å²) < 4.78 is 1.22. The lowest BCUT2D eigenvalue weighted by molar-refractivity contribution is 1.10. The number of hydrogen-bond donors (Lipinski definition) is 3. The monoisotopic (exact) mass is 313 g/mol. The van der Waals surface area contributed by atoms with Gasteiger partial charge in [-0.3, -0.25) is 0 Å². The fourth-order valence-corrected chi connectivity index (χ4v) is 2.02. The highest BCUT2D eigenvalue weighted by molar-refractivity contribution is 14.1. The predicted molar refractivity (Wildman–Crippen MR) is 71.6 cm³/mol. The van der Waals surface area contributed by atoms with Crippen LogP contribution in [0.4, 0.5) is 11.5 Å². The molecule has 3 nitrogen and oxygen atoms in total. The average molecular weight is 313 g/mol. The molecule has 0 atom stereocenters. The average Bonchev–Trinajstić information content (AvgIpc) is 2.58. The Morgan fingerprint density at radius 3 is 2.60 bits per heavy atom. The maximum Gasteiger partial charge on any atom is 0.100 e. The van der Waals surface area contributed by atoms with Gasteiger partial charge in [0.05, 0.1) is 0 Å². The zero-order valence-corrected chi connectivity index (χ0v) is 10.3. The van der Waals surface area contributed by atoms with Crippen molar-refractivity contribution in [3.63, 3.8) is 0 Å². The van der Waals surface area contributed by atoms with E-state index < -0.39 is 0 Å². The van der Waals surface area contributed by atoms with Crippen molar-refractivity contribution in [1.82, 2.24) is 4.98 Å². The molecule has 5 N–H and O–H groups in total. The summed E-state index contributed by atoms with van der Waals surface area (Å²) in [6.45, 7) is 0. The Morgan fingerprint density at radius 1 is 1.13 bits per heavy atom. The maximum atomic E-state index is 5.75. The van der Waals surface area contributed by atoms with Crippen LogP contribution in [0.15, 0.2) is 30.3 Å².